The fourth-order valence-corrected chi connectivity index (χ4v) is 0.619. The summed E-state index contributed by atoms with van der Waals surface area (Å²) in [6, 6.07) is 0. The predicted octanol–water partition coefficient (Wildman–Crippen LogP) is 2.63. The lowest BCUT2D eigenvalue weighted by Crippen LogP contribution is -1.76. The molecule has 52 valence electrons. The smallest absolute Gasteiger partial charge is 0.103 e. The molecule has 3 heteroatoms. The Morgan fingerprint density at radius 1 is 1.33 bits per heavy atom. The summed E-state index contributed by atoms with van der Waals surface area (Å²) in [5.41, 5.74) is 0. The Balaban J connectivity index is 4.25. The molecule has 0 heterocycles. The van der Waals surface area contributed by atoms with Crippen molar-refractivity contribution in [1.82, 2.24) is 0 Å². The lowest BCUT2D eigenvalue weighted by Gasteiger charge is -1.91. The third-order valence-corrected chi connectivity index (χ3v) is 1.48. The van der Waals surface area contributed by atoms with Crippen LogP contribution in [0.5, 0.6) is 0 Å². The van der Waals surface area contributed by atoms with Crippen molar-refractivity contribution < 1.29 is 10.2 Å². The van der Waals surface area contributed by atoms with E-state index in [4.69, 9.17) is 10.2 Å². The molecular formula is C6H9BrO2. The molecule has 0 aromatic rings. The van der Waals surface area contributed by atoms with Crippen LogP contribution in [0, 0.1) is 0 Å². The highest BCUT2D eigenvalue weighted by Gasteiger charge is 1.91. The summed E-state index contributed by atoms with van der Waals surface area (Å²) in [4.78, 5) is 0. The monoisotopic (exact) mass is 192 g/mol. The number of hydrogen-bond acceptors (Lipinski definition) is 2. The second-order valence-electron chi connectivity index (χ2n) is 1.72. The van der Waals surface area contributed by atoms with Gasteiger partial charge in [-0.15, -0.1) is 0 Å². The quantitative estimate of drug-likeness (QED) is 0.496. The van der Waals surface area contributed by atoms with E-state index in [1.807, 2.05) is 0 Å². The normalized spacial score (nSPS) is 15.2. The molecule has 2 N–H and O–H groups in total. The Morgan fingerprint density at radius 2 is 1.78 bits per heavy atom. The highest BCUT2D eigenvalue weighted by atomic mass is 79.9. The third kappa shape index (κ3) is 4.09. The number of allylic oxidation sites excluding steroid dienone is 4. The van der Waals surface area contributed by atoms with Gasteiger partial charge in [-0.25, -0.2) is 0 Å². The Bertz CT molecular complexity index is 150. The van der Waals surface area contributed by atoms with Crippen LogP contribution in [-0.4, -0.2) is 10.2 Å². The molecule has 0 aliphatic rings. The van der Waals surface area contributed by atoms with Gasteiger partial charge in [-0.05, 0) is 35.9 Å². The van der Waals surface area contributed by atoms with Crippen molar-refractivity contribution >= 4 is 15.9 Å². The van der Waals surface area contributed by atoms with E-state index in [0.717, 1.165) is 0 Å². The Morgan fingerprint density at radius 3 is 1.89 bits per heavy atom. The van der Waals surface area contributed by atoms with Gasteiger partial charge in [0, 0.05) is 0 Å². The van der Waals surface area contributed by atoms with Crippen molar-refractivity contribution in [2.24, 2.45) is 0 Å². The highest BCUT2D eigenvalue weighted by molar-refractivity contribution is 9.11. The molecule has 0 fully saturated rings. The summed E-state index contributed by atoms with van der Waals surface area (Å²) >= 11 is 3.04. The van der Waals surface area contributed by atoms with Crippen LogP contribution in [0.25, 0.3) is 0 Å². The second-order valence-corrected chi connectivity index (χ2v) is 2.57. The van der Waals surface area contributed by atoms with Crippen LogP contribution in [0.1, 0.15) is 13.8 Å². The van der Waals surface area contributed by atoms with Gasteiger partial charge in [0.15, 0.2) is 0 Å². The van der Waals surface area contributed by atoms with E-state index in [-0.39, 0.29) is 11.5 Å². The first-order valence-corrected chi connectivity index (χ1v) is 3.26. The number of halogens is 1. The van der Waals surface area contributed by atoms with E-state index in [9.17, 15) is 0 Å². The van der Waals surface area contributed by atoms with Gasteiger partial charge in [-0.1, -0.05) is 0 Å². The van der Waals surface area contributed by atoms with Crippen LogP contribution in [0.2, 0.25) is 0 Å². The first-order valence-electron chi connectivity index (χ1n) is 2.46. The van der Waals surface area contributed by atoms with Crippen molar-refractivity contribution in [1.29, 1.82) is 0 Å². The molecule has 0 aromatic heterocycles. The van der Waals surface area contributed by atoms with E-state index in [0.29, 0.717) is 4.48 Å². The van der Waals surface area contributed by atoms with Crippen LogP contribution < -0.4 is 0 Å². The molecule has 2 nitrogen and oxygen atoms in total. The molecule has 0 saturated heterocycles. The Labute approximate surface area is 62.6 Å². The van der Waals surface area contributed by atoms with E-state index >= 15 is 0 Å². The van der Waals surface area contributed by atoms with Gasteiger partial charge in [0.2, 0.25) is 0 Å². The zero-order chi connectivity index (χ0) is 7.44. The van der Waals surface area contributed by atoms with Gasteiger partial charge in [0.05, 0.1) is 10.2 Å². The summed E-state index contributed by atoms with van der Waals surface area (Å²) in [5, 5.41) is 17.4. The SMILES string of the molecule is CC(O)=C/C(Br)=C(\C)O. The van der Waals surface area contributed by atoms with Crippen molar-refractivity contribution in [2.45, 2.75) is 13.8 Å². The van der Waals surface area contributed by atoms with Gasteiger partial charge in [-0.2, -0.15) is 0 Å². The van der Waals surface area contributed by atoms with Crippen LogP contribution in [0.3, 0.4) is 0 Å². The van der Waals surface area contributed by atoms with Crippen LogP contribution in [-0.2, 0) is 0 Å². The molecule has 0 unspecified atom stereocenters. The second kappa shape index (κ2) is 3.56. The maximum Gasteiger partial charge on any atom is 0.103 e. The van der Waals surface area contributed by atoms with Gasteiger partial charge in [-0.3, -0.25) is 0 Å². The molecule has 0 spiro atoms. The molecule has 0 aliphatic carbocycles. The Kier molecular flexibility index (Phi) is 3.39. The maximum absolute atomic E-state index is 8.75. The van der Waals surface area contributed by atoms with Crippen molar-refractivity contribution in [3.05, 3.63) is 22.1 Å². The predicted molar refractivity (Wildman–Crippen MR) is 40.6 cm³/mol. The summed E-state index contributed by atoms with van der Waals surface area (Å²) in [7, 11) is 0. The fraction of sp³-hybridized carbons (Fsp3) is 0.333. The minimum atomic E-state index is 0.156. The molecule has 0 amide bonds. The van der Waals surface area contributed by atoms with E-state index in [2.05, 4.69) is 15.9 Å². The van der Waals surface area contributed by atoms with Gasteiger partial charge < -0.3 is 10.2 Å². The van der Waals surface area contributed by atoms with Crippen molar-refractivity contribution in [2.75, 3.05) is 0 Å². The van der Waals surface area contributed by atoms with Crippen molar-refractivity contribution in [3.8, 4) is 0 Å². The third-order valence-electron chi connectivity index (χ3n) is 0.681. The van der Waals surface area contributed by atoms with E-state index < -0.39 is 0 Å². The molecule has 0 saturated carbocycles. The lowest BCUT2D eigenvalue weighted by atomic mass is 10.4. The molecule has 0 atom stereocenters. The maximum atomic E-state index is 8.75. The zero-order valence-electron chi connectivity index (χ0n) is 5.35. The summed E-state index contributed by atoms with van der Waals surface area (Å²) in [5.74, 6) is 0.318. The average Bonchev–Trinajstić information content (AvgIpc) is 1.63. The summed E-state index contributed by atoms with van der Waals surface area (Å²) in [6.45, 7) is 3.06. The first-order chi connectivity index (χ1) is 4.04. The van der Waals surface area contributed by atoms with Gasteiger partial charge in [0.1, 0.15) is 5.76 Å². The number of hydrogen-bond donors (Lipinski definition) is 2. The molecule has 0 radical (unpaired) electrons. The Hall–Kier alpha value is -0.440. The average molecular weight is 193 g/mol. The van der Waals surface area contributed by atoms with Crippen LogP contribution >= 0.6 is 15.9 Å². The fourth-order valence-electron chi connectivity index (χ4n) is 0.288. The topological polar surface area (TPSA) is 40.5 Å². The van der Waals surface area contributed by atoms with Gasteiger partial charge >= 0.3 is 0 Å². The molecule has 0 aliphatic heterocycles. The van der Waals surface area contributed by atoms with Crippen molar-refractivity contribution in [3.63, 3.8) is 0 Å². The van der Waals surface area contributed by atoms with E-state index in [1.165, 1.54) is 19.9 Å². The summed E-state index contributed by atoms with van der Waals surface area (Å²) < 4.78 is 0.502. The summed E-state index contributed by atoms with van der Waals surface area (Å²) in [6.07, 6.45) is 1.43. The molecule has 0 aromatic carbocycles. The largest absolute Gasteiger partial charge is 0.513 e. The molecule has 0 rings (SSSR count). The van der Waals surface area contributed by atoms with Crippen LogP contribution in [0.4, 0.5) is 0 Å². The van der Waals surface area contributed by atoms with Crippen LogP contribution in [0.15, 0.2) is 22.1 Å². The first kappa shape index (κ1) is 8.56. The zero-order valence-corrected chi connectivity index (χ0v) is 6.94. The molecular weight excluding hydrogens is 184 g/mol. The number of rotatable bonds is 1. The van der Waals surface area contributed by atoms with E-state index in [1.54, 1.807) is 0 Å². The highest BCUT2D eigenvalue weighted by Crippen LogP contribution is 2.11. The lowest BCUT2D eigenvalue weighted by molar-refractivity contribution is 0.405. The number of aliphatic hydroxyl groups excluding tert-OH is 2. The molecule has 0 bridgehead atoms. The molecule has 9 heavy (non-hydrogen) atoms. The van der Waals surface area contributed by atoms with Gasteiger partial charge in [0.25, 0.3) is 0 Å². The number of aliphatic hydroxyl groups is 2. The minimum absolute atomic E-state index is 0.156. The minimum Gasteiger partial charge on any atom is -0.513 e. The standard InChI is InChI=1S/C6H9BrO2/c1-4(8)3-6(7)5(2)9/h3,8-9H,1-2H3/b4-3?,6-5-.